The summed E-state index contributed by atoms with van der Waals surface area (Å²) in [5.41, 5.74) is 0.978. The SMILES string of the molecule is CCc1nc(C)c(C(=O)N2CC(Cc3ccc(Cl)cc3)(C(=O)N(C)C)C2)o1. The van der Waals surface area contributed by atoms with Gasteiger partial charge in [-0.05, 0) is 31.0 Å². The van der Waals surface area contributed by atoms with Crippen LogP contribution in [-0.2, 0) is 17.6 Å². The minimum Gasteiger partial charge on any atom is -0.435 e. The number of carbonyl (C=O) groups is 2. The molecule has 2 heterocycles. The van der Waals surface area contributed by atoms with Gasteiger partial charge < -0.3 is 14.2 Å². The zero-order chi connectivity index (χ0) is 19.8. The Hall–Kier alpha value is -2.34. The summed E-state index contributed by atoms with van der Waals surface area (Å²) in [7, 11) is 3.48. The molecule has 0 spiro atoms. The second-order valence-corrected chi connectivity index (χ2v) is 7.76. The van der Waals surface area contributed by atoms with Crippen LogP contribution < -0.4 is 0 Å². The number of rotatable bonds is 5. The molecule has 1 aliphatic rings. The topological polar surface area (TPSA) is 66.7 Å². The van der Waals surface area contributed by atoms with Crippen LogP contribution in [0.25, 0.3) is 0 Å². The van der Waals surface area contributed by atoms with Crippen molar-refractivity contribution in [2.75, 3.05) is 27.2 Å². The van der Waals surface area contributed by atoms with Crippen molar-refractivity contribution in [1.82, 2.24) is 14.8 Å². The Morgan fingerprint density at radius 1 is 1.26 bits per heavy atom. The number of benzene rings is 1. The molecule has 3 rings (SSSR count). The zero-order valence-corrected chi connectivity index (χ0v) is 16.8. The fourth-order valence-electron chi connectivity index (χ4n) is 3.56. The van der Waals surface area contributed by atoms with E-state index in [0.29, 0.717) is 42.5 Å². The molecule has 0 saturated carbocycles. The standard InChI is InChI=1S/C20H24ClN3O3/c1-5-16-22-13(2)17(27-16)18(25)24-11-20(12-24,19(26)23(3)4)10-14-6-8-15(21)9-7-14/h6-9H,5,10-12H2,1-4H3. The largest absolute Gasteiger partial charge is 0.435 e. The molecule has 1 aliphatic heterocycles. The maximum Gasteiger partial charge on any atom is 0.291 e. The third-order valence-corrected chi connectivity index (χ3v) is 5.18. The molecule has 6 nitrogen and oxygen atoms in total. The van der Waals surface area contributed by atoms with Gasteiger partial charge in [0.05, 0.1) is 11.1 Å². The van der Waals surface area contributed by atoms with Crippen molar-refractivity contribution in [2.45, 2.75) is 26.7 Å². The minimum atomic E-state index is -0.630. The van der Waals surface area contributed by atoms with Gasteiger partial charge in [0.25, 0.3) is 5.91 Å². The Labute approximate surface area is 164 Å². The molecule has 0 unspecified atom stereocenters. The van der Waals surface area contributed by atoms with E-state index >= 15 is 0 Å². The predicted molar refractivity (Wildman–Crippen MR) is 103 cm³/mol. The van der Waals surface area contributed by atoms with Crippen LogP contribution in [0.15, 0.2) is 28.7 Å². The summed E-state index contributed by atoms with van der Waals surface area (Å²) in [6.07, 6.45) is 1.19. The third kappa shape index (κ3) is 3.72. The smallest absolute Gasteiger partial charge is 0.291 e. The van der Waals surface area contributed by atoms with Gasteiger partial charge in [-0.15, -0.1) is 0 Å². The van der Waals surface area contributed by atoms with Gasteiger partial charge >= 0.3 is 0 Å². The van der Waals surface area contributed by atoms with E-state index in [-0.39, 0.29) is 17.6 Å². The molecule has 0 bridgehead atoms. The second kappa shape index (κ2) is 7.35. The first-order valence-corrected chi connectivity index (χ1v) is 9.35. The lowest BCUT2D eigenvalue weighted by Gasteiger charge is -2.49. The summed E-state index contributed by atoms with van der Waals surface area (Å²) in [6, 6.07) is 7.48. The predicted octanol–water partition coefficient (Wildman–Crippen LogP) is 2.97. The van der Waals surface area contributed by atoms with Crippen molar-refractivity contribution >= 4 is 23.4 Å². The van der Waals surface area contributed by atoms with E-state index in [0.717, 1.165) is 5.56 Å². The quantitative estimate of drug-likeness (QED) is 0.788. The summed E-state index contributed by atoms with van der Waals surface area (Å²) in [5.74, 6) is 0.625. The van der Waals surface area contributed by atoms with Gasteiger partial charge in [0.15, 0.2) is 5.89 Å². The highest BCUT2D eigenvalue weighted by atomic mass is 35.5. The van der Waals surface area contributed by atoms with E-state index in [9.17, 15) is 9.59 Å². The van der Waals surface area contributed by atoms with Gasteiger partial charge in [-0.3, -0.25) is 9.59 Å². The maximum atomic E-state index is 12.9. The van der Waals surface area contributed by atoms with E-state index in [4.69, 9.17) is 16.0 Å². The van der Waals surface area contributed by atoms with Crippen LogP contribution in [0, 0.1) is 12.3 Å². The molecule has 1 aromatic carbocycles. The van der Waals surface area contributed by atoms with Crippen molar-refractivity contribution < 1.29 is 14.0 Å². The highest BCUT2D eigenvalue weighted by molar-refractivity contribution is 6.30. The molecular formula is C20H24ClN3O3. The summed E-state index contributed by atoms with van der Waals surface area (Å²) in [6.45, 7) is 4.40. The van der Waals surface area contributed by atoms with Crippen LogP contribution in [0.1, 0.15) is 34.6 Å². The Balaban J connectivity index is 1.79. The number of halogens is 1. The lowest BCUT2D eigenvalue weighted by molar-refractivity contribution is -0.148. The van der Waals surface area contributed by atoms with Crippen LogP contribution in [0.4, 0.5) is 0 Å². The Kier molecular flexibility index (Phi) is 5.29. The molecule has 1 aromatic heterocycles. The van der Waals surface area contributed by atoms with Gasteiger partial charge in [-0.2, -0.15) is 0 Å². The van der Waals surface area contributed by atoms with Crippen LogP contribution in [0.3, 0.4) is 0 Å². The molecule has 7 heteroatoms. The van der Waals surface area contributed by atoms with Crippen molar-refractivity contribution in [3.63, 3.8) is 0 Å². The Morgan fingerprint density at radius 3 is 2.41 bits per heavy atom. The number of likely N-dealkylation sites (tertiary alicyclic amines) is 1. The van der Waals surface area contributed by atoms with Gasteiger partial charge in [-0.1, -0.05) is 30.7 Å². The van der Waals surface area contributed by atoms with E-state index in [1.165, 1.54) is 0 Å². The van der Waals surface area contributed by atoms with Crippen molar-refractivity contribution in [2.24, 2.45) is 5.41 Å². The number of nitrogens with zero attached hydrogens (tertiary/aromatic N) is 3. The van der Waals surface area contributed by atoms with Crippen molar-refractivity contribution in [3.8, 4) is 0 Å². The molecule has 1 fully saturated rings. The van der Waals surface area contributed by atoms with Crippen molar-refractivity contribution in [3.05, 3.63) is 52.2 Å². The normalized spacial score (nSPS) is 15.4. The first-order chi connectivity index (χ1) is 12.8. The highest BCUT2D eigenvalue weighted by Gasteiger charge is 2.52. The molecule has 0 N–H and O–H groups in total. The first kappa shape index (κ1) is 19.4. The first-order valence-electron chi connectivity index (χ1n) is 8.97. The molecule has 0 radical (unpaired) electrons. The molecule has 0 atom stereocenters. The van der Waals surface area contributed by atoms with Crippen molar-refractivity contribution in [1.29, 1.82) is 0 Å². The summed E-state index contributed by atoms with van der Waals surface area (Å²) < 4.78 is 5.58. The summed E-state index contributed by atoms with van der Waals surface area (Å²) >= 11 is 5.96. The molecule has 2 aromatic rings. The average Bonchev–Trinajstić information content (AvgIpc) is 2.99. The van der Waals surface area contributed by atoms with Gasteiger partial charge in [0.2, 0.25) is 11.7 Å². The average molecular weight is 390 g/mol. The fraction of sp³-hybridized carbons (Fsp3) is 0.450. The van der Waals surface area contributed by atoms with Crippen LogP contribution in [0.5, 0.6) is 0 Å². The fourth-order valence-corrected chi connectivity index (χ4v) is 3.69. The Morgan fingerprint density at radius 2 is 1.89 bits per heavy atom. The van der Waals surface area contributed by atoms with Gasteiger partial charge in [0, 0.05) is 38.6 Å². The molecule has 0 aliphatic carbocycles. The monoisotopic (exact) mass is 389 g/mol. The summed E-state index contributed by atoms with van der Waals surface area (Å²) in [5, 5.41) is 0.657. The lowest BCUT2D eigenvalue weighted by Crippen LogP contribution is -2.65. The number of hydrogen-bond acceptors (Lipinski definition) is 4. The number of oxazole rings is 1. The molecular weight excluding hydrogens is 366 g/mol. The van der Waals surface area contributed by atoms with E-state index in [1.54, 1.807) is 30.8 Å². The van der Waals surface area contributed by atoms with Crippen LogP contribution in [0.2, 0.25) is 5.02 Å². The minimum absolute atomic E-state index is 0.0186. The molecule has 27 heavy (non-hydrogen) atoms. The molecule has 1 saturated heterocycles. The van der Waals surface area contributed by atoms with E-state index in [1.807, 2.05) is 31.2 Å². The zero-order valence-electron chi connectivity index (χ0n) is 16.1. The number of hydrogen-bond donors (Lipinski definition) is 0. The lowest BCUT2D eigenvalue weighted by atomic mass is 9.73. The van der Waals surface area contributed by atoms with Crippen LogP contribution in [-0.4, -0.2) is 53.8 Å². The number of amides is 2. The van der Waals surface area contributed by atoms with Gasteiger partial charge in [0.1, 0.15) is 0 Å². The summed E-state index contributed by atoms with van der Waals surface area (Å²) in [4.78, 5) is 33.2. The highest BCUT2D eigenvalue weighted by Crippen LogP contribution is 2.37. The van der Waals surface area contributed by atoms with E-state index < -0.39 is 5.41 Å². The van der Waals surface area contributed by atoms with Gasteiger partial charge in [-0.25, -0.2) is 4.98 Å². The molecule has 144 valence electrons. The number of aryl methyl sites for hydroxylation is 2. The second-order valence-electron chi connectivity index (χ2n) is 7.32. The Bertz CT molecular complexity index is 852. The maximum absolute atomic E-state index is 12.9. The van der Waals surface area contributed by atoms with E-state index in [2.05, 4.69) is 4.98 Å². The molecule has 2 amide bonds. The number of aromatic nitrogens is 1. The van der Waals surface area contributed by atoms with Crippen LogP contribution >= 0.6 is 11.6 Å². The number of carbonyl (C=O) groups excluding carboxylic acids is 2. The third-order valence-electron chi connectivity index (χ3n) is 4.93.